The van der Waals surface area contributed by atoms with Crippen molar-refractivity contribution in [3.8, 4) is 0 Å². The Hall–Kier alpha value is -2.08. The molecule has 1 aromatic rings. The number of hydrogen-bond donors (Lipinski definition) is 2. The van der Waals surface area contributed by atoms with Crippen LogP contribution in [-0.2, 0) is 9.53 Å². The van der Waals surface area contributed by atoms with Gasteiger partial charge in [-0.3, -0.25) is 9.59 Å². The van der Waals surface area contributed by atoms with E-state index in [1.54, 1.807) is 12.1 Å². The summed E-state index contributed by atoms with van der Waals surface area (Å²) in [5.41, 5.74) is 0.910. The Morgan fingerprint density at radius 1 is 1.17 bits per heavy atom. The average Bonchev–Trinajstić information content (AvgIpc) is 2.61. The van der Waals surface area contributed by atoms with Gasteiger partial charge in [-0.2, -0.15) is 0 Å². The summed E-state index contributed by atoms with van der Waals surface area (Å²) >= 11 is 0. The number of amides is 1. The van der Waals surface area contributed by atoms with Gasteiger partial charge in [0, 0.05) is 24.3 Å². The Bertz CT molecular complexity index is 561. The second kappa shape index (κ2) is 8.15. The van der Waals surface area contributed by atoms with Crippen LogP contribution >= 0.6 is 0 Å². The molecule has 1 amide bonds. The van der Waals surface area contributed by atoms with Crippen molar-refractivity contribution >= 4 is 17.6 Å². The zero-order valence-corrected chi connectivity index (χ0v) is 14.4. The van der Waals surface area contributed by atoms with Gasteiger partial charge in [0.25, 0.3) is 5.91 Å². The van der Waals surface area contributed by atoms with Crippen LogP contribution < -0.4 is 10.2 Å². The predicted octanol–water partition coefficient (Wildman–Crippen LogP) is 2.29. The highest BCUT2D eigenvalue weighted by Gasteiger charge is 2.31. The van der Waals surface area contributed by atoms with Crippen LogP contribution in [0.5, 0.6) is 0 Å². The first-order chi connectivity index (χ1) is 11.5. The molecule has 1 aliphatic rings. The van der Waals surface area contributed by atoms with E-state index in [1.165, 1.54) is 0 Å². The SMILES string of the molecule is CCC(CC)(CC(=O)O)NC(=O)c1ccc(N2CCOCC2)cc1. The molecule has 0 radical (unpaired) electrons. The summed E-state index contributed by atoms with van der Waals surface area (Å²) in [6, 6.07) is 7.43. The van der Waals surface area contributed by atoms with E-state index in [0.717, 1.165) is 18.8 Å². The van der Waals surface area contributed by atoms with Crippen molar-refractivity contribution in [3.63, 3.8) is 0 Å². The molecule has 6 heteroatoms. The normalized spacial score (nSPS) is 15.2. The van der Waals surface area contributed by atoms with Crippen LogP contribution in [0, 0.1) is 0 Å². The molecule has 1 aliphatic heterocycles. The molecular formula is C18H26N2O4. The van der Waals surface area contributed by atoms with Crippen LogP contribution in [0.4, 0.5) is 5.69 Å². The third kappa shape index (κ3) is 4.47. The lowest BCUT2D eigenvalue weighted by Crippen LogP contribution is -2.49. The van der Waals surface area contributed by atoms with E-state index < -0.39 is 11.5 Å². The lowest BCUT2D eigenvalue weighted by molar-refractivity contribution is -0.138. The highest BCUT2D eigenvalue weighted by atomic mass is 16.5. The maximum Gasteiger partial charge on any atom is 0.305 e. The maximum absolute atomic E-state index is 12.5. The van der Waals surface area contributed by atoms with Crippen LogP contribution in [-0.4, -0.2) is 48.8 Å². The number of carboxylic acids is 1. The van der Waals surface area contributed by atoms with Crippen molar-refractivity contribution in [2.45, 2.75) is 38.6 Å². The summed E-state index contributed by atoms with van der Waals surface area (Å²) < 4.78 is 5.34. The second-order valence-electron chi connectivity index (χ2n) is 6.16. The van der Waals surface area contributed by atoms with E-state index in [9.17, 15) is 9.59 Å². The number of carbonyl (C=O) groups excluding carboxylic acids is 1. The zero-order chi connectivity index (χ0) is 17.6. The van der Waals surface area contributed by atoms with Gasteiger partial charge in [0.05, 0.1) is 25.2 Å². The molecule has 0 bridgehead atoms. The van der Waals surface area contributed by atoms with Crippen LogP contribution in [0.15, 0.2) is 24.3 Å². The molecule has 0 spiro atoms. The highest BCUT2D eigenvalue weighted by Crippen LogP contribution is 2.22. The Morgan fingerprint density at radius 3 is 2.25 bits per heavy atom. The first kappa shape index (κ1) is 18.3. The third-order valence-corrected chi connectivity index (χ3v) is 4.73. The number of carbonyl (C=O) groups is 2. The van der Waals surface area contributed by atoms with Crippen LogP contribution in [0.2, 0.25) is 0 Å². The van der Waals surface area contributed by atoms with E-state index in [-0.39, 0.29) is 12.3 Å². The lowest BCUT2D eigenvalue weighted by atomic mass is 9.88. The van der Waals surface area contributed by atoms with E-state index in [1.807, 2.05) is 26.0 Å². The molecule has 0 aliphatic carbocycles. The molecule has 1 saturated heterocycles. The molecule has 2 rings (SSSR count). The minimum Gasteiger partial charge on any atom is -0.481 e. The smallest absolute Gasteiger partial charge is 0.305 e. The first-order valence-electron chi connectivity index (χ1n) is 8.47. The van der Waals surface area contributed by atoms with Gasteiger partial charge in [0.15, 0.2) is 0 Å². The highest BCUT2D eigenvalue weighted by molar-refractivity contribution is 5.95. The predicted molar refractivity (Wildman–Crippen MR) is 92.5 cm³/mol. The van der Waals surface area contributed by atoms with E-state index in [4.69, 9.17) is 9.84 Å². The summed E-state index contributed by atoms with van der Waals surface area (Å²) in [7, 11) is 0. The van der Waals surface area contributed by atoms with Gasteiger partial charge in [-0.15, -0.1) is 0 Å². The Balaban J connectivity index is 2.07. The number of anilines is 1. The largest absolute Gasteiger partial charge is 0.481 e. The van der Waals surface area contributed by atoms with Crippen LogP contribution in [0.25, 0.3) is 0 Å². The lowest BCUT2D eigenvalue weighted by Gasteiger charge is -2.31. The Labute approximate surface area is 142 Å². The number of ether oxygens (including phenoxy) is 1. The topological polar surface area (TPSA) is 78.9 Å². The fourth-order valence-corrected chi connectivity index (χ4v) is 2.97. The second-order valence-corrected chi connectivity index (χ2v) is 6.16. The zero-order valence-electron chi connectivity index (χ0n) is 14.4. The molecule has 0 saturated carbocycles. The van der Waals surface area contributed by atoms with Gasteiger partial charge in [-0.1, -0.05) is 13.8 Å². The van der Waals surface area contributed by atoms with Gasteiger partial charge in [0.1, 0.15) is 0 Å². The molecule has 6 nitrogen and oxygen atoms in total. The van der Waals surface area contributed by atoms with Crippen molar-refractivity contribution in [3.05, 3.63) is 29.8 Å². The van der Waals surface area contributed by atoms with E-state index in [2.05, 4.69) is 10.2 Å². The number of benzene rings is 1. The molecule has 132 valence electrons. The Morgan fingerprint density at radius 2 is 1.75 bits per heavy atom. The van der Waals surface area contributed by atoms with Crippen LogP contribution in [0.3, 0.4) is 0 Å². The minimum absolute atomic E-state index is 0.0718. The number of nitrogens with one attached hydrogen (secondary N) is 1. The summed E-state index contributed by atoms with van der Waals surface area (Å²) in [6.07, 6.45) is 1.08. The fourth-order valence-electron chi connectivity index (χ4n) is 2.97. The van der Waals surface area contributed by atoms with Crippen molar-refractivity contribution in [2.75, 3.05) is 31.2 Å². The van der Waals surface area contributed by atoms with Crippen molar-refractivity contribution in [1.29, 1.82) is 0 Å². The van der Waals surface area contributed by atoms with Gasteiger partial charge in [-0.05, 0) is 37.1 Å². The van der Waals surface area contributed by atoms with Crippen molar-refractivity contribution in [2.24, 2.45) is 0 Å². The van der Waals surface area contributed by atoms with Gasteiger partial charge >= 0.3 is 5.97 Å². The fraction of sp³-hybridized carbons (Fsp3) is 0.556. The molecule has 0 atom stereocenters. The van der Waals surface area contributed by atoms with Crippen LogP contribution in [0.1, 0.15) is 43.5 Å². The number of nitrogens with zero attached hydrogens (tertiary/aromatic N) is 1. The quantitative estimate of drug-likeness (QED) is 0.800. The van der Waals surface area contributed by atoms with E-state index >= 15 is 0 Å². The summed E-state index contributed by atoms with van der Waals surface area (Å²) in [4.78, 5) is 25.8. The summed E-state index contributed by atoms with van der Waals surface area (Å²) in [6.45, 7) is 6.92. The van der Waals surface area contributed by atoms with Gasteiger partial charge in [-0.25, -0.2) is 0 Å². The number of hydrogen-bond acceptors (Lipinski definition) is 4. The molecule has 1 heterocycles. The molecule has 1 fully saturated rings. The van der Waals surface area contributed by atoms with Crippen molar-refractivity contribution < 1.29 is 19.4 Å². The molecule has 0 aromatic heterocycles. The van der Waals surface area contributed by atoms with Crippen molar-refractivity contribution in [1.82, 2.24) is 5.32 Å². The van der Waals surface area contributed by atoms with Gasteiger partial charge < -0.3 is 20.1 Å². The molecule has 24 heavy (non-hydrogen) atoms. The third-order valence-electron chi connectivity index (χ3n) is 4.73. The Kier molecular flexibility index (Phi) is 6.20. The van der Waals surface area contributed by atoms with Gasteiger partial charge in [0.2, 0.25) is 0 Å². The molecule has 0 unspecified atom stereocenters. The summed E-state index contributed by atoms with van der Waals surface area (Å²) in [5, 5.41) is 12.0. The average molecular weight is 334 g/mol. The number of carboxylic acid groups (broad SMARTS) is 1. The summed E-state index contributed by atoms with van der Waals surface area (Å²) in [5.74, 6) is -1.13. The molecule has 2 N–H and O–H groups in total. The standard InChI is InChI=1S/C18H26N2O4/c1-3-18(4-2,13-16(21)22)19-17(23)14-5-7-15(8-6-14)20-9-11-24-12-10-20/h5-8H,3-4,9-13H2,1-2H3,(H,19,23)(H,21,22). The number of rotatable bonds is 7. The van der Waals surface area contributed by atoms with E-state index in [0.29, 0.717) is 31.6 Å². The monoisotopic (exact) mass is 334 g/mol. The molecule has 1 aromatic carbocycles. The molecular weight excluding hydrogens is 308 g/mol. The number of morpholine rings is 1. The number of aliphatic carboxylic acids is 1. The first-order valence-corrected chi connectivity index (χ1v) is 8.47. The minimum atomic E-state index is -0.901. The maximum atomic E-state index is 12.5.